The Morgan fingerprint density at radius 1 is 1.33 bits per heavy atom. The van der Waals surface area contributed by atoms with Crippen molar-refractivity contribution in [1.29, 1.82) is 0 Å². The molecule has 2 heterocycles. The smallest absolute Gasteiger partial charge is 0.326 e. The molecule has 0 unspecified atom stereocenters. The van der Waals surface area contributed by atoms with Gasteiger partial charge in [0.2, 0.25) is 5.88 Å². The zero-order valence-electron chi connectivity index (χ0n) is 13.4. The molecule has 2 atom stereocenters. The average Bonchev–Trinajstić information content (AvgIpc) is 2.56. The fraction of sp³-hybridized carbons (Fsp3) is 0.588. The maximum atomic E-state index is 12.4. The number of hydrogen-bond acceptors (Lipinski definition) is 5. The first-order valence-corrected chi connectivity index (χ1v) is 8.37. The maximum absolute atomic E-state index is 12.4. The predicted octanol–water partition coefficient (Wildman–Crippen LogP) is 1.62. The summed E-state index contributed by atoms with van der Waals surface area (Å²) in [6.45, 7) is 0.993. The van der Waals surface area contributed by atoms with E-state index < -0.39 is 17.9 Å². The molecule has 0 aromatic carbocycles. The minimum atomic E-state index is -1.04. The summed E-state index contributed by atoms with van der Waals surface area (Å²) in [5.74, 6) is -1.29. The van der Waals surface area contributed by atoms with Crippen LogP contribution < -0.4 is 10.1 Å². The minimum absolute atomic E-state index is 0.168. The van der Waals surface area contributed by atoms with E-state index in [1.807, 2.05) is 0 Å². The van der Waals surface area contributed by atoms with Gasteiger partial charge in [-0.05, 0) is 38.2 Å². The minimum Gasteiger partial charge on any atom is -0.480 e. The lowest BCUT2D eigenvalue weighted by Gasteiger charge is -2.28. The Hall–Kier alpha value is -2.15. The number of ether oxygens (including phenoxy) is 2. The number of carboxylic acids is 1. The summed E-state index contributed by atoms with van der Waals surface area (Å²) in [7, 11) is 0. The number of aliphatic carboxylic acids is 1. The molecule has 2 aliphatic rings. The second-order valence-corrected chi connectivity index (χ2v) is 6.32. The molecule has 1 aliphatic heterocycles. The summed E-state index contributed by atoms with van der Waals surface area (Å²) in [5, 5.41) is 12.0. The topological polar surface area (TPSA) is 97.8 Å². The number of nitrogens with zero attached hydrogens (tertiary/aromatic N) is 1. The van der Waals surface area contributed by atoms with E-state index >= 15 is 0 Å². The number of carboxylic acid groups (broad SMARTS) is 1. The highest BCUT2D eigenvalue weighted by Gasteiger charge is 2.31. The van der Waals surface area contributed by atoms with Gasteiger partial charge in [-0.25, -0.2) is 9.78 Å². The van der Waals surface area contributed by atoms with Crippen LogP contribution in [0.3, 0.4) is 0 Å². The Bertz CT molecular complexity index is 596. The van der Waals surface area contributed by atoms with Gasteiger partial charge in [-0.1, -0.05) is 0 Å². The van der Waals surface area contributed by atoms with Gasteiger partial charge >= 0.3 is 5.97 Å². The summed E-state index contributed by atoms with van der Waals surface area (Å²) < 4.78 is 11.0. The fourth-order valence-corrected chi connectivity index (χ4v) is 2.91. The van der Waals surface area contributed by atoms with Crippen molar-refractivity contribution in [3.05, 3.63) is 23.9 Å². The van der Waals surface area contributed by atoms with E-state index in [9.17, 15) is 14.7 Å². The van der Waals surface area contributed by atoms with Gasteiger partial charge in [-0.3, -0.25) is 4.79 Å². The van der Waals surface area contributed by atoms with E-state index in [0.717, 1.165) is 32.1 Å². The number of aromatic nitrogens is 1. The zero-order chi connectivity index (χ0) is 16.9. The molecule has 2 fully saturated rings. The maximum Gasteiger partial charge on any atom is 0.326 e. The zero-order valence-corrected chi connectivity index (χ0v) is 13.4. The summed E-state index contributed by atoms with van der Waals surface area (Å²) in [6.07, 6.45) is 6.35. The van der Waals surface area contributed by atoms with Gasteiger partial charge < -0.3 is 19.9 Å². The lowest BCUT2D eigenvalue weighted by molar-refractivity contribution is -0.142. The van der Waals surface area contributed by atoms with Gasteiger partial charge in [-0.15, -0.1) is 0 Å². The van der Waals surface area contributed by atoms with Crippen molar-refractivity contribution in [3.8, 4) is 5.88 Å². The predicted molar refractivity (Wildman–Crippen MR) is 84.9 cm³/mol. The van der Waals surface area contributed by atoms with Crippen molar-refractivity contribution >= 4 is 11.9 Å². The molecule has 3 rings (SSSR count). The van der Waals surface area contributed by atoms with Gasteiger partial charge in [0.15, 0.2) is 0 Å². The van der Waals surface area contributed by atoms with E-state index in [2.05, 4.69) is 10.3 Å². The van der Waals surface area contributed by atoms with Crippen LogP contribution in [0.2, 0.25) is 0 Å². The van der Waals surface area contributed by atoms with E-state index in [1.165, 1.54) is 6.20 Å². The third-order valence-electron chi connectivity index (χ3n) is 4.56. The summed E-state index contributed by atoms with van der Waals surface area (Å²) >= 11 is 0. The summed E-state index contributed by atoms with van der Waals surface area (Å²) in [6, 6.07) is 2.16. The van der Waals surface area contributed by atoms with Gasteiger partial charge in [0.25, 0.3) is 5.91 Å². The van der Waals surface area contributed by atoms with Crippen LogP contribution in [0.25, 0.3) is 0 Å². The van der Waals surface area contributed by atoms with Crippen molar-refractivity contribution < 1.29 is 24.2 Å². The third kappa shape index (κ3) is 4.03. The Morgan fingerprint density at radius 2 is 2.17 bits per heavy atom. The van der Waals surface area contributed by atoms with Crippen molar-refractivity contribution in [1.82, 2.24) is 10.3 Å². The van der Waals surface area contributed by atoms with Crippen LogP contribution in [-0.2, 0) is 9.53 Å². The highest BCUT2D eigenvalue weighted by Crippen LogP contribution is 2.24. The van der Waals surface area contributed by atoms with E-state index in [1.54, 1.807) is 12.1 Å². The van der Waals surface area contributed by atoms with Gasteiger partial charge in [-0.2, -0.15) is 0 Å². The standard InChI is InChI=1S/C17H22N2O5/c20-16(19-15(17(21)22)12-3-2-8-23-10-12)11-6-7-18-14(9-11)24-13-4-1-5-13/h6-7,9,12-13,15H,1-5,8,10H2,(H,19,20)(H,21,22)/t12-,15+/m0/s1. The quantitative estimate of drug-likeness (QED) is 0.820. The number of amides is 1. The fourth-order valence-electron chi connectivity index (χ4n) is 2.91. The van der Waals surface area contributed by atoms with Crippen LogP contribution in [0, 0.1) is 5.92 Å². The van der Waals surface area contributed by atoms with Crippen molar-refractivity contribution in [2.75, 3.05) is 13.2 Å². The highest BCUT2D eigenvalue weighted by molar-refractivity contribution is 5.96. The SMILES string of the molecule is O=C(N[C@@H](C(=O)O)[C@H]1CCCOC1)c1ccnc(OC2CCC2)c1. The molecule has 1 aromatic heterocycles. The van der Waals surface area contributed by atoms with Crippen LogP contribution in [0.4, 0.5) is 0 Å². The largest absolute Gasteiger partial charge is 0.480 e. The molecule has 1 saturated heterocycles. The molecule has 130 valence electrons. The molecule has 0 radical (unpaired) electrons. The molecule has 1 aliphatic carbocycles. The Morgan fingerprint density at radius 3 is 2.79 bits per heavy atom. The molecule has 7 heteroatoms. The average molecular weight is 334 g/mol. The molecule has 0 spiro atoms. The summed E-state index contributed by atoms with van der Waals surface area (Å²) in [4.78, 5) is 28.1. The lowest BCUT2D eigenvalue weighted by Crippen LogP contribution is -2.48. The number of nitrogens with one attached hydrogen (secondary N) is 1. The molecule has 1 saturated carbocycles. The van der Waals surface area contributed by atoms with Crippen molar-refractivity contribution in [3.63, 3.8) is 0 Å². The molecule has 1 amide bonds. The number of carbonyl (C=O) groups excluding carboxylic acids is 1. The monoisotopic (exact) mass is 334 g/mol. The normalized spacial score (nSPS) is 22.2. The van der Waals surface area contributed by atoms with E-state index in [-0.39, 0.29) is 12.0 Å². The second-order valence-electron chi connectivity index (χ2n) is 6.32. The van der Waals surface area contributed by atoms with Crippen LogP contribution in [0.15, 0.2) is 18.3 Å². The second kappa shape index (κ2) is 7.61. The van der Waals surface area contributed by atoms with Crippen LogP contribution >= 0.6 is 0 Å². The molecule has 2 N–H and O–H groups in total. The first-order valence-electron chi connectivity index (χ1n) is 8.37. The van der Waals surface area contributed by atoms with Crippen molar-refractivity contribution in [2.24, 2.45) is 5.92 Å². The Balaban J connectivity index is 1.65. The first-order chi connectivity index (χ1) is 11.6. The van der Waals surface area contributed by atoms with Crippen LogP contribution in [0.1, 0.15) is 42.5 Å². The molecular formula is C17H22N2O5. The summed E-state index contributed by atoms with van der Waals surface area (Å²) in [5.41, 5.74) is 0.349. The van der Waals surface area contributed by atoms with Gasteiger partial charge in [0, 0.05) is 30.4 Å². The molecular weight excluding hydrogens is 312 g/mol. The van der Waals surface area contributed by atoms with E-state index in [4.69, 9.17) is 9.47 Å². The van der Waals surface area contributed by atoms with Crippen molar-refractivity contribution in [2.45, 2.75) is 44.2 Å². The van der Waals surface area contributed by atoms with Crippen LogP contribution in [0.5, 0.6) is 5.88 Å². The first kappa shape index (κ1) is 16.7. The Labute approximate surface area is 140 Å². The van der Waals surface area contributed by atoms with Crippen LogP contribution in [-0.4, -0.2) is 47.3 Å². The number of carbonyl (C=O) groups is 2. The number of hydrogen-bond donors (Lipinski definition) is 2. The highest BCUT2D eigenvalue weighted by atomic mass is 16.5. The molecule has 24 heavy (non-hydrogen) atoms. The Kier molecular flexibility index (Phi) is 5.30. The molecule has 7 nitrogen and oxygen atoms in total. The third-order valence-corrected chi connectivity index (χ3v) is 4.56. The number of rotatable bonds is 6. The molecule has 0 bridgehead atoms. The van der Waals surface area contributed by atoms with Gasteiger partial charge in [0.05, 0.1) is 6.61 Å². The van der Waals surface area contributed by atoms with E-state index in [0.29, 0.717) is 24.7 Å². The lowest BCUT2D eigenvalue weighted by atomic mass is 9.93. The number of pyridine rings is 1. The molecule has 1 aromatic rings. The van der Waals surface area contributed by atoms with Gasteiger partial charge in [0.1, 0.15) is 12.1 Å².